The number of aliphatic carboxylic acids is 1. The van der Waals surface area contributed by atoms with Crippen LogP contribution in [0.3, 0.4) is 0 Å². The summed E-state index contributed by atoms with van der Waals surface area (Å²) in [4.78, 5) is 22.6. The second-order valence-electron chi connectivity index (χ2n) is 6.04. The molecule has 0 fully saturated rings. The zero-order chi connectivity index (χ0) is 18.2. The van der Waals surface area contributed by atoms with Crippen molar-refractivity contribution in [1.29, 1.82) is 0 Å². The van der Waals surface area contributed by atoms with Crippen LogP contribution in [0.1, 0.15) is 28.7 Å². The molecule has 5 heteroatoms. The quantitative estimate of drug-likeness (QED) is 0.774. The first kappa shape index (κ1) is 18.5. The highest BCUT2D eigenvalue weighted by molar-refractivity contribution is 5.76. The fraction of sp³-hybridized carbons (Fsp3) is 0.300. The van der Waals surface area contributed by atoms with Gasteiger partial charge in [0.15, 0.2) is 6.61 Å². The van der Waals surface area contributed by atoms with Crippen LogP contribution in [-0.2, 0) is 22.6 Å². The second kappa shape index (κ2) is 8.87. The van der Waals surface area contributed by atoms with Crippen LogP contribution >= 0.6 is 0 Å². The van der Waals surface area contributed by atoms with Gasteiger partial charge >= 0.3 is 5.97 Å². The number of carboxylic acids is 1. The zero-order valence-corrected chi connectivity index (χ0v) is 14.5. The van der Waals surface area contributed by atoms with Gasteiger partial charge in [-0.1, -0.05) is 35.9 Å². The van der Waals surface area contributed by atoms with E-state index in [0.29, 0.717) is 25.1 Å². The molecule has 0 aromatic heterocycles. The van der Waals surface area contributed by atoms with Crippen molar-refractivity contribution in [3.8, 4) is 5.75 Å². The van der Waals surface area contributed by atoms with E-state index < -0.39 is 5.97 Å². The minimum Gasteiger partial charge on any atom is -0.482 e. The number of rotatable bonds is 8. The molecule has 132 valence electrons. The molecular formula is C20H23NO4. The molecule has 0 radical (unpaired) electrons. The second-order valence-corrected chi connectivity index (χ2v) is 6.04. The van der Waals surface area contributed by atoms with Gasteiger partial charge in [0.25, 0.3) is 0 Å². The molecule has 0 aliphatic rings. The highest BCUT2D eigenvalue weighted by atomic mass is 16.5. The van der Waals surface area contributed by atoms with Gasteiger partial charge in [0.1, 0.15) is 5.75 Å². The molecule has 0 bridgehead atoms. The van der Waals surface area contributed by atoms with Crippen LogP contribution in [0.2, 0.25) is 0 Å². The Balaban J connectivity index is 1.81. The molecule has 0 saturated heterocycles. The van der Waals surface area contributed by atoms with Crippen molar-refractivity contribution in [2.45, 2.75) is 33.2 Å². The van der Waals surface area contributed by atoms with E-state index in [4.69, 9.17) is 9.84 Å². The maximum Gasteiger partial charge on any atom is 0.341 e. The molecule has 1 amide bonds. The van der Waals surface area contributed by atoms with Crippen LogP contribution in [0.15, 0.2) is 42.5 Å². The summed E-state index contributed by atoms with van der Waals surface area (Å²) in [5.74, 6) is -0.564. The van der Waals surface area contributed by atoms with E-state index in [1.165, 1.54) is 16.7 Å². The third-order valence-electron chi connectivity index (χ3n) is 3.87. The summed E-state index contributed by atoms with van der Waals surface area (Å²) in [6.45, 7) is 4.11. The Hall–Kier alpha value is -2.82. The maximum atomic E-state index is 12.0. The van der Waals surface area contributed by atoms with Gasteiger partial charge in [0.2, 0.25) is 5.91 Å². The van der Waals surface area contributed by atoms with Crippen molar-refractivity contribution in [2.75, 3.05) is 6.61 Å². The fourth-order valence-electron chi connectivity index (χ4n) is 2.55. The maximum absolute atomic E-state index is 12.0. The number of ether oxygens (including phenoxy) is 1. The van der Waals surface area contributed by atoms with Crippen LogP contribution in [0.25, 0.3) is 0 Å². The number of hydrogen-bond acceptors (Lipinski definition) is 3. The first-order valence-corrected chi connectivity index (χ1v) is 8.20. The number of amides is 1. The van der Waals surface area contributed by atoms with E-state index >= 15 is 0 Å². The third-order valence-corrected chi connectivity index (χ3v) is 3.87. The van der Waals surface area contributed by atoms with Crippen molar-refractivity contribution in [2.24, 2.45) is 0 Å². The molecule has 2 N–H and O–H groups in total. The van der Waals surface area contributed by atoms with Crippen LogP contribution < -0.4 is 10.1 Å². The Labute approximate surface area is 147 Å². The number of carbonyl (C=O) groups excluding carboxylic acids is 1. The predicted octanol–water partition coefficient (Wildman–Crippen LogP) is 3.02. The monoisotopic (exact) mass is 341 g/mol. The summed E-state index contributed by atoms with van der Waals surface area (Å²) >= 11 is 0. The first-order chi connectivity index (χ1) is 11.9. The van der Waals surface area contributed by atoms with Crippen molar-refractivity contribution in [3.05, 3.63) is 64.7 Å². The Kier molecular flexibility index (Phi) is 6.57. The molecule has 0 unspecified atom stereocenters. The highest BCUT2D eigenvalue weighted by Crippen LogP contribution is 2.14. The molecule has 0 spiro atoms. The number of carbonyl (C=O) groups is 2. The van der Waals surface area contributed by atoms with Crippen molar-refractivity contribution >= 4 is 11.9 Å². The van der Waals surface area contributed by atoms with E-state index in [0.717, 1.165) is 5.56 Å². The van der Waals surface area contributed by atoms with Gasteiger partial charge in [-0.25, -0.2) is 4.79 Å². The van der Waals surface area contributed by atoms with E-state index in [2.05, 4.69) is 37.4 Å². The smallest absolute Gasteiger partial charge is 0.341 e. The molecule has 0 aliphatic heterocycles. The molecule has 0 atom stereocenters. The topological polar surface area (TPSA) is 75.6 Å². The summed E-state index contributed by atoms with van der Waals surface area (Å²) in [7, 11) is 0. The highest BCUT2D eigenvalue weighted by Gasteiger charge is 2.06. The van der Waals surface area contributed by atoms with Gasteiger partial charge in [-0.15, -0.1) is 0 Å². The van der Waals surface area contributed by atoms with Gasteiger partial charge < -0.3 is 15.2 Å². The first-order valence-electron chi connectivity index (χ1n) is 8.20. The number of benzene rings is 2. The fourth-order valence-corrected chi connectivity index (χ4v) is 2.55. The predicted molar refractivity (Wildman–Crippen MR) is 95.7 cm³/mol. The minimum atomic E-state index is -1.02. The lowest BCUT2D eigenvalue weighted by molar-refractivity contribution is -0.139. The molecule has 0 saturated carbocycles. The van der Waals surface area contributed by atoms with Gasteiger partial charge in [-0.3, -0.25) is 4.79 Å². The number of hydrogen-bond donors (Lipinski definition) is 2. The van der Waals surface area contributed by atoms with E-state index in [-0.39, 0.29) is 12.5 Å². The Bertz CT molecular complexity index is 755. The van der Waals surface area contributed by atoms with Gasteiger partial charge in [0, 0.05) is 13.0 Å². The Morgan fingerprint density at radius 1 is 1.12 bits per heavy atom. The minimum absolute atomic E-state index is 0.0168. The summed E-state index contributed by atoms with van der Waals surface area (Å²) < 4.78 is 5.13. The average Bonchev–Trinajstić information content (AvgIpc) is 2.58. The summed E-state index contributed by atoms with van der Waals surface area (Å²) in [6.07, 6.45) is 1.14. The molecule has 0 heterocycles. The number of nitrogens with one attached hydrogen (secondary N) is 1. The van der Waals surface area contributed by atoms with Gasteiger partial charge in [0.05, 0.1) is 0 Å². The average molecular weight is 341 g/mol. The lowest BCUT2D eigenvalue weighted by Crippen LogP contribution is -2.23. The third kappa shape index (κ3) is 6.30. The lowest BCUT2D eigenvalue weighted by Gasteiger charge is -2.09. The summed E-state index contributed by atoms with van der Waals surface area (Å²) in [5.41, 5.74) is 4.47. The summed E-state index contributed by atoms with van der Waals surface area (Å²) in [6, 6.07) is 13.3. The Morgan fingerprint density at radius 3 is 2.64 bits per heavy atom. The van der Waals surface area contributed by atoms with Crippen LogP contribution in [0.4, 0.5) is 0 Å². The van der Waals surface area contributed by atoms with Crippen LogP contribution in [-0.4, -0.2) is 23.6 Å². The van der Waals surface area contributed by atoms with Crippen LogP contribution in [0, 0.1) is 13.8 Å². The number of carboxylic acid groups (broad SMARTS) is 1. The normalized spacial score (nSPS) is 10.3. The molecule has 5 nitrogen and oxygen atoms in total. The Morgan fingerprint density at radius 2 is 1.92 bits per heavy atom. The van der Waals surface area contributed by atoms with E-state index in [1.807, 2.05) is 6.07 Å². The molecule has 2 aromatic rings. The summed E-state index contributed by atoms with van der Waals surface area (Å²) in [5, 5.41) is 11.5. The van der Waals surface area contributed by atoms with Crippen molar-refractivity contribution in [1.82, 2.24) is 5.32 Å². The molecule has 2 rings (SSSR count). The van der Waals surface area contributed by atoms with Crippen molar-refractivity contribution < 1.29 is 19.4 Å². The van der Waals surface area contributed by atoms with Crippen molar-refractivity contribution in [3.63, 3.8) is 0 Å². The SMILES string of the molecule is Cc1ccc(CCC(=O)NCc2cccc(OCC(=O)O)c2)c(C)c1. The van der Waals surface area contributed by atoms with E-state index in [1.54, 1.807) is 18.2 Å². The van der Waals surface area contributed by atoms with Crippen LogP contribution in [0.5, 0.6) is 5.75 Å². The molecule has 0 aliphatic carbocycles. The molecule has 25 heavy (non-hydrogen) atoms. The zero-order valence-electron chi connectivity index (χ0n) is 14.5. The lowest BCUT2D eigenvalue weighted by atomic mass is 10.0. The van der Waals surface area contributed by atoms with Gasteiger partial charge in [-0.05, 0) is 49.1 Å². The van der Waals surface area contributed by atoms with E-state index in [9.17, 15) is 9.59 Å². The molecule has 2 aromatic carbocycles. The number of aryl methyl sites for hydroxylation is 3. The largest absolute Gasteiger partial charge is 0.482 e. The molecular weight excluding hydrogens is 318 g/mol. The standard InChI is InChI=1S/C20H23NO4/c1-14-6-7-17(15(2)10-14)8-9-19(22)21-12-16-4-3-5-18(11-16)25-13-20(23)24/h3-7,10-11H,8-9,12-13H2,1-2H3,(H,21,22)(H,23,24). The van der Waals surface area contributed by atoms with Gasteiger partial charge in [-0.2, -0.15) is 0 Å².